The lowest BCUT2D eigenvalue weighted by Gasteiger charge is -2.33. The van der Waals surface area contributed by atoms with Gasteiger partial charge in [-0.25, -0.2) is 0 Å². The Balaban J connectivity index is 1.53. The molecule has 0 unspecified atom stereocenters. The molecule has 2 atom stereocenters. The van der Waals surface area contributed by atoms with Crippen LogP contribution in [0.5, 0.6) is 5.75 Å². The summed E-state index contributed by atoms with van der Waals surface area (Å²) in [5.41, 5.74) is -0.172. The quantitative estimate of drug-likeness (QED) is 0.331. The van der Waals surface area contributed by atoms with Crippen molar-refractivity contribution in [2.45, 2.75) is 37.4 Å². The monoisotopic (exact) mass is 611 g/mol. The largest absolute Gasteiger partial charge is 0.496 e. The average Bonchev–Trinajstić information content (AvgIpc) is 3.41. The van der Waals surface area contributed by atoms with Gasteiger partial charge in [0, 0.05) is 42.6 Å². The second-order valence-corrected chi connectivity index (χ2v) is 12.2. The van der Waals surface area contributed by atoms with Crippen molar-refractivity contribution in [3.05, 3.63) is 64.2 Å². The predicted octanol–water partition coefficient (Wildman–Crippen LogP) is 5.90. The SMILES string of the molecule is COc1ccc(C(=O)N(C)[C@@H]2CN(C(=O)C3CCN(CCCSC)CC3)C[C@H]2c2ccc(Cl)cc2)cc1C(F)(F)F. The van der Waals surface area contributed by atoms with E-state index in [1.807, 2.05) is 28.8 Å². The molecule has 2 amide bonds. The van der Waals surface area contributed by atoms with Gasteiger partial charge in [0.25, 0.3) is 5.91 Å². The van der Waals surface area contributed by atoms with Crippen LogP contribution in [0.3, 0.4) is 0 Å². The van der Waals surface area contributed by atoms with E-state index in [9.17, 15) is 22.8 Å². The smallest absolute Gasteiger partial charge is 0.419 e. The number of benzene rings is 2. The van der Waals surface area contributed by atoms with Crippen LogP contribution in [0, 0.1) is 5.92 Å². The molecule has 6 nitrogen and oxygen atoms in total. The fourth-order valence-electron chi connectivity index (χ4n) is 5.91. The van der Waals surface area contributed by atoms with Crippen molar-refractivity contribution in [3.63, 3.8) is 0 Å². The lowest BCUT2D eigenvalue weighted by atomic mass is 9.93. The highest BCUT2D eigenvalue weighted by molar-refractivity contribution is 7.98. The van der Waals surface area contributed by atoms with Crippen molar-refractivity contribution in [2.24, 2.45) is 5.92 Å². The topological polar surface area (TPSA) is 53.1 Å². The molecule has 0 spiro atoms. The third-order valence-corrected chi connectivity index (χ3v) is 9.18. The minimum absolute atomic E-state index is 0.0756. The van der Waals surface area contributed by atoms with E-state index in [1.54, 1.807) is 19.2 Å². The van der Waals surface area contributed by atoms with E-state index in [2.05, 4.69) is 11.2 Å². The number of hydrogen-bond donors (Lipinski definition) is 0. The standard InChI is InChI=1S/C30H37ClF3N3O3S/c1-35(28(38)22-7-10-27(40-2)25(17-22)30(32,33)34)26-19-37(18-24(26)20-5-8-23(31)9-6-20)29(39)21-11-14-36(15-12-21)13-4-16-41-3/h5-10,17,21,24,26H,4,11-16,18-19H2,1-3H3/t24-,26+/m0/s1. The number of likely N-dealkylation sites (tertiary alicyclic amines) is 2. The van der Waals surface area contributed by atoms with E-state index in [-0.39, 0.29) is 29.1 Å². The zero-order valence-corrected chi connectivity index (χ0v) is 25.2. The molecular formula is C30H37ClF3N3O3S. The lowest BCUT2D eigenvalue weighted by molar-refractivity contribution is -0.139. The van der Waals surface area contributed by atoms with Crippen molar-refractivity contribution in [3.8, 4) is 5.75 Å². The molecule has 2 aromatic rings. The van der Waals surface area contributed by atoms with Crippen LogP contribution in [-0.4, -0.2) is 91.4 Å². The molecule has 2 aliphatic heterocycles. The van der Waals surface area contributed by atoms with Gasteiger partial charge in [0.05, 0.1) is 18.7 Å². The first kappa shape index (κ1) is 31.5. The lowest BCUT2D eigenvalue weighted by Crippen LogP contribution is -2.44. The second kappa shape index (κ2) is 13.7. The first-order valence-corrected chi connectivity index (χ1v) is 15.6. The highest BCUT2D eigenvalue weighted by Crippen LogP contribution is 2.38. The molecule has 0 radical (unpaired) electrons. The minimum Gasteiger partial charge on any atom is -0.496 e. The molecule has 41 heavy (non-hydrogen) atoms. The van der Waals surface area contributed by atoms with Crippen LogP contribution in [0.25, 0.3) is 0 Å². The van der Waals surface area contributed by atoms with Crippen LogP contribution in [0.2, 0.25) is 5.02 Å². The molecule has 0 N–H and O–H groups in total. The molecule has 2 heterocycles. The summed E-state index contributed by atoms with van der Waals surface area (Å²) in [4.78, 5) is 32.9. The first-order valence-electron chi connectivity index (χ1n) is 13.8. The van der Waals surface area contributed by atoms with Crippen molar-refractivity contribution in [1.82, 2.24) is 14.7 Å². The minimum atomic E-state index is -4.67. The van der Waals surface area contributed by atoms with E-state index < -0.39 is 23.7 Å². The van der Waals surface area contributed by atoms with Gasteiger partial charge >= 0.3 is 6.18 Å². The zero-order valence-electron chi connectivity index (χ0n) is 23.6. The molecule has 4 rings (SSSR count). The van der Waals surface area contributed by atoms with E-state index in [0.29, 0.717) is 18.1 Å². The fourth-order valence-corrected chi connectivity index (χ4v) is 6.45. The molecule has 224 valence electrons. The summed E-state index contributed by atoms with van der Waals surface area (Å²) in [6.07, 6.45) is 0.160. The number of halogens is 4. The number of carbonyl (C=O) groups is 2. The van der Waals surface area contributed by atoms with Gasteiger partial charge in [-0.1, -0.05) is 23.7 Å². The summed E-state index contributed by atoms with van der Waals surface area (Å²) in [6, 6.07) is 10.2. The van der Waals surface area contributed by atoms with E-state index in [0.717, 1.165) is 63.4 Å². The van der Waals surface area contributed by atoms with Crippen molar-refractivity contribution in [1.29, 1.82) is 0 Å². The third kappa shape index (κ3) is 7.51. The molecule has 0 bridgehead atoms. The molecule has 0 aliphatic carbocycles. The fraction of sp³-hybridized carbons (Fsp3) is 0.533. The van der Waals surface area contributed by atoms with Crippen LogP contribution < -0.4 is 4.74 Å². The van der Waals surface area contributed by atoms with Crippen molar-refractivity contribution >= 4 is 35.2 Å². The maximum Gasteiger partial charge on any atom is 0.419 e. The Morgan fingerprint density at radius 2 is 1.78 bits per heavy atom. The van der Waals surface area contributed by atoms with Gasteiger partial charge in [0.1, 0.15) is 5.75 Å². The van der Waals surface area contributed by atoms with Crippen LogP contribution in [0.15, 0.2) is 42.5 Å². The number of alkyl halides is 3. The van der Waals surface area contributed by atoms with Crippen LogP contribution in [0.4, 0.5) is 13.2 Å². The number of carbonyl (C=O) groups excluding carboxylic acids is 2. The summed E-state index contributed by atoms with van der Waals surface area (Å²) in [5, 5.41) is 0.572. The normalized spacial score (nSPS) is 20.3. The van der Waals surface area contributed by atoms with Crippen LogP contribution >= 0.6 is 23.4 Å². The highest BCUT2D eigenvalue weighted by Gasteiger charge is 2.42. The molecule has 0 aromatic heterocycles. The number of rotatable bonds is 9. The Hall–Kier alpha value is -2.43. The van der Waals surface area contributed by atoms with Crippen LogP contribution in [0.1, 0.15) is 46.7 Å². The molecule has 2 aromatic carbocycles. The third-order valence-electron chi connectivity index (χ3n) is 8.23. The second-order valence-electron chi connectivity index (χ2n) is 10.8. The Labute approximate surface area is 249 Å². The summed E-state index contributed by atoms with van der Waals surface area (Å²) in [5.74, 6) is 0.0319. The molecule has 2 saturated heterocycles. The molecule has 2 fully saturated rings. The summed E-state index contributed by atoms with van der Waals surface area (Å²) in [7, 11) is 2.75. The first-order chi connectivity index (χ1) is 19.5. The number of piperidine rings is 1. The Morgan fingerprint density at radius 3 is 2.39 bits per heavy atom. The maximum absolute atomic E-state index is 13.7. The van der Waals surface area contributed by atoms with Gasteiger partial charge in [-0.2, -0.15) is 24.9 Å². The van der Waals surface area contributed by atoms with Crippen molar-refractivity contribution < 1.29 is 27.5 Å². The number of amides is 2. The van der Waals surface area contributed by atoms with Gasteiger partial charge in [-0.05, 0) is 86.8 Å². The number of likely N-dealkylation sites (N-methyl/N-ethyl adjacent to an activating group) is 1. The molecular weight excluding hydrogens is 575 g/mol. The summed E-state index contributed by atoms with van der Waals surface area (Å²) >= 11 is 7.96. The number of hydrogen-bond acceptors (Lipinski definition) is 5. The number of methoxy groups -OCH3 is 1. The van der Waals surface area contributed by atoms with Gasteiger partial charge in [-0.3, -0.25) is 9.59 Å². The maximum atomic E-state index is 13.7. The van der Waals surface area contributed by atoms with Gasteiger partial charge in [0.15, 0.2) is 0 Å². The van der Waals surface area contributed by atoms with Gasteiger partial charge in [-0.15, -0.1) is 0 Å². The number of ether oxygens (including phenoxy) is 1. The summed E-state index contributed by atoms with van der Waals surface area (Å²) in [6.45, 7) is 3.55. The predicted molar refractivity (Wildman–Crippen MR) is 157 cm³/mol. The highest BCUT2D eigenvalue weighted by atomic mass is 35.5. The van der Waals surface area contributed by atoms with E-state index >= 15 is 0 Å². The van der Waals surface area contributed by atoms with Crippen molar-refractivity contribution in [2.75, 3.05) is 58.9 Å². The Morgan fingerprint density at radius 1 is 1.10 bits per heavy atom. The van der Waals surface area contributed by atoms with E-state index in [4.69, 9.17) is 16.3 Å². The molecule has 11 heteroatoms. The average molecular weight is 612 g/mol. The molecule has 0 saturated carbocycles. The Kier molecular flexibility index (Phi) is 10.5. The van der Waals surface area contributed by atoms with E-state index in [1.165, 1.54) is 17.0 Å². The summed E-state index contributed by atoms with van der Waals surface area (Å²) < 4.78 is 45.8. The Bertz CT molecular complexity index is 1210. The van der Waals surface area contributed by atoms with Gasteiger partial charge < -0.3 is 19.4 Å². The molecule has 2 aliphatic rings. The number of thioether (sulfide) groups is 1. The van der Waals surface area contributed by atoms with Gasteiger partial charge in [0.2, 0.25) is 5.91 Å². The number of nitrogens with zero attached hydrogens (tertiary/aromatic N) is 3. The van der Waals surface area contributed by atoms with Crippen LogP contribution in [-0.2, 0) is 11.0 Å². The zero-order chi connectivity index (χ0) is 29.7.